The van der Waals surface area contributed by atoms with E-state index in [1.165, 1.54) is 33.8 Å². The summed E-state index contributed by atoms with van der Waals surface area (Å²) in [7, 11) is 1.68. The van der Waals surface area contributed by atoms with Crippen LogP contribution in [0.25, 0.3) is 5.69 Å². The fourth-order valence-corrected chi connectivity index (χ4v) is 5.63. The number of nitrogens with zero attached hydrogens (tertiary/aromatic N) is 3. The summed E-state index contributed by atoms with van der Waals surface area (Å²) in [5.41, 5.74) is 9.37. The van der Waals surface area contributed by atoms with Gasteiger partial charge in [-0.1, -0.05) is 24.3 Å². The molecule has 1 N–H and O–H groups in total. The van der Waals surface area contributed by atoms with Crippen LogP contribution >= 0.6 is 12.2 Å². The summed E-state index contributed by atoms with van der Waals surface area (Å²) in [6.07, 6.45) is 1.84. The van der Waals surface area contributed by atoms with Crippen molar-refractivity contribution in [1.29, 1.82) is 0 Å². The molecular formula is C29H30N4OS. The SMILES string of the molecule is COc1ccc(N2C(=S)NC(c3ccccn3)C2c2cc(C)n(-c3c(C)cccc3C)c2C)cc1. The molecule has 6 heteroatoms. The molecule has 0 radical (unpaired) electrons. The Hall–Kier alpha value is -3.64. The lowest BCUT2D eigenvalue weighted by Crippen LogP contribution is -2.29. The Morgan fingerprint density at radius 1 is 0.914 bits per heavy atom. The molecule has 0 saturated carbocycles. The quantitative estimate of drug-likeness (QED) is 0.339. The third-order valence-electron chi connectivity index (χ3n) is 6.90. The normalized spacial score (nSPS) is 17.5. The minimum atomic E-state index is -0.0854. The summed E-state index contributed by atoms with van der Waals surface area (Å²) in [5, 5.41) is 4.26. The Bertz CT molecular complexity index is 1360. The van der Waals surface area contributed by atoms with Crippen molar-refractivity contribution in [3.63, 3.8) is 0 Å². The molecule has 5 rings (SSSR count). The molecular weight excluding hydrogens is 452 g/mol. The number of pyridine rings is 1. The number of methoxy groups -OCH3 is 1. The molecule has 2 atom stereocenters. The number of benzene rings is 2. The van der Waals surface area contributed by atoms with Gasteiger partial charge in [0.1, 0.15) is 5.75 Å². The molecule has 5 nitrogen and oxygen atoms in total. The zero-order valence-electron chi connectivity index (χ0n) is 20.7. The second-order valence-electron chi connectivity index (χ2n) is 9.10. The van der Waals surface area contributed by atoms with E-state index in [4.69, 9.17) is 21.9 Å². The number of para-hydroxylation sites is 1. The molecule has 4 aromatic rings. The van der Waals surface area contributed by atoms with Gasteiger partial charge >= 0.3 is 0 Å². The van der Waals surface area contributed by atoms with E-state index in [0.29, 0.717) is 5.11 Å². The number of anilines is 1. The van der Waals surface area contributed by atoms with E-state index in [2.05, 4.69) is 84.9 Å². The van der Waals surface area contributed by atoms with E-state index in [-0.39, 0.29) is 12.1 Å². The lowest BCUT2D eigenvalue weighted by atomic mass is 9.96. The molecule has 2 unspecified atom stereocenters. The summed E-state index contributed by atoms with van der Waals surface area (Å²) in [4.78, 5) is 6.91. The Morgan fingerprint density at radius 3 is 2.26 bits per heavy atom. The Morgan fingerprint density at radius 2 is 1.63 bits per heavy atom. The minimum Gasteiger partial charge on any atom is -0.497 e. The predicted octanol–water partition coefficient (Wildman–Crippen LogP) is 6.29. The summed E-state index contributed by atoms with van der Waals surface area (Å²) in [6.45, 7) is 8.73. The first-order valence-electron chi connectivity index (χ1n) is 11.8. The first-order chi connectivity index (χ1) is 16.9. The lowest BCUT2D eigenvalue weighted by molar-refractivity contribution is 0.415. The number of thiocarbonyl (C=S) groups is 1. The Labute approximate surface area is 212 Å². The van der Waals surface area contributed by atoms with Gasteiger partial charge in [-0.3, -0.25) is 4.98 Å². The summed E-state index contributed by atoms with van der Waals surface area (Å²) >= 11 is 5.90. The second-order valence-corrected chi connectivity index (χ2v) is 9.48. The van der Waals surface area contributed by atoms with Crippen molar-refractivity contribution in [3.8, 4) is 11.4 Å². The standard InChI is InChI=1S/C29H30N4OS/c1-18-9-8-10-19(2)27(18)32-20(3)17-24(21(32)4)28-26(25-11-6-7-16-30-25)31-29(35)33(28)22-12-14-23(34-5)15-13-22/h6-17,26,28H,1-5H3,(H,31,35). The van der Waals surface area contributed by atoms with Crippen LogP contribution in [0.4, 0.5) is 5.69 Å². The van der Waals surface area contributed by atoms with Crippen LogP contribution in [0.2, 0.25) is 0 Å². The fraction of sp³-hybridized carbons (Fsp3) is 0.241. The van der Waals surface area contributed by atoms with E-state index >= 15 is 0 Å². The monoisotopic (exact) mass is 482 g/mol. The topological polar surface area (TPSA) is 42.3 Å². The van der Waals surface area contributed by atoms with Crippen LogP contribution in [0.1, 0.15) is 45.9 Å². The van der Waals surface area contributed by atoms with E-state index in [0.717, 1.165) is 17.1 Å². The molecule has 1 aliphatic heterocycles. The molecule has 178 valence electrons. The molecule has 1 aliphatic rings. The summed E-state index contributed by atoms with van der Waals surface area (Å²) < 4.78 is 7.77. The molecule has 0 spiro atoms. The molecule has 1 fully saturated rings. The van der Waals surface area contributed by atoms with Crippen LogP contribution in [0.15, 0.2) is 72.9 Å². The van der Waals surface area contributed by atoms with Gasteiger partial charge in [0, 0.05) is 23.3 Å². The molecule has 1 saturated heterocycles. The van der Waals surface area contributed by atoms with Crippen LogP contribution in [-0.4, -0.2) is 21.8 Å². The minimum absolute atomic E-state index is 0.0601. The van der Waals surface area contributed by atoms with Crippen molar-refractivity contribution in [2.45, 2.75) is 39.8 Å². The van der Waals surface area contributed by atoms with Crippen LogP contribution in [0.3, 0.4) is 0 Å². The number of nitrogens with one attached hydrogen (secondary N) is 1. The zero-order chi connectivity index (χ0) is 24.7. The van der Waals surface area contributed by atoms with Crippen LogP contribution in [0, 0.1) is 27.7 Å². The third-order valence-corrected chi connectivity index (χ3v) is 7.22. The molecule has 2 aromatic carbocycles. The highest BCUT2D eigenvalue weighted by atomic mass is 32.1. The molecule has 2 aromatic heterocycles. The van der Waals surface area contributed by atoms with Gasteiger partial charge in [0.05, 0.1) is 30.6 Å². The van der Waals surface area contributed by atoms with Crippen molar-refractivity contribution in [3.05, 3.63) is 107 Å². The highest BCUT2D eigenvalue weighted by molar-refractivity contribution is 7.80. The maximum absolute atomic E-state index is 5.90. The van der Waals surface area contributed by atoms with E-state index in [1.807, 2.05) is 30.5 Å². The number of aromatic nitrogens is 2. The van der Waals surface area contributed by atoms with Crippen LogP contribution in [-0.2, 0) is 0 Å². The molecule has 3 heterocycles. The van der Waals surface area contributed by atoms with Gasteiger partial charge < -0.3 is 19.5 Å². The maximum Gasteiger partial charge on any atom is 0.174 e. The average molecular weight is 483 g/mol. The number of hydrogen-bond donors (Lipinski definition) is 1. The van der Waals surface area contributed by atoms with Gasteiger partial charge in [-0.05, 0) is 99.1 Å². The molecule has 35 heavy (non-hydrogen) atoms. The molecule has 0 bridgehead atoms. The molecule has 0 aliphatic carbocycles. The number of aryl methyl sites for hydroxylation is 3. The summed E-state index contributed by atoms with van der Waals surface area (Å²) in [6, 6.07) is 22.7. The Balaban J connectivity index is 1.69. The van der Waals surface area contributed by atoms with Crippen LogP contribution < -0.4 is 15.0 Å². The predicted molar refractivity (Wildman–Crippen MR) is 146 cm³/mol. The smallest absolute Gasteiger partial charge is 0.174 e. The van der Waals surface area contributed by atoms with Gasteiger partial charge in [0.15, 0.2) is 5.11 Å². The van der Waals surface area contributed by atoms with E-state index in [1.54, 1.807) is 7.11 Å². The second kappa shape index (κ2) is 9.19. The van der Waals surface area contributed by atoms with Crippen molar-refractivity contribution >= 4 is 23.0 Å². The molecule has 0 amide bonds. The maximum atomic E-state index is 5.90. The van der Waals surface area contributed by atoms with E-state index < -0.39 is 0 Å². The first kappa shape index (κ1) is 23.1. The van der Waals surface area contributed by atoms with Gasteiger partial charge in [0.2, 0.25) is 0 Å². The van der Waals surface area contributed by atoms with Gasteiger partial charge in [0.25, 0.3) is 0 Å². The number of ether oxygens (including phenoxy) is 1. The van der Waals surface area contributed by atoms with Crippen molar-refractivity contribution in [1.82, 2.24) is 14.9 Å². The number of rotatable bonds is 5. The van der Waals surface area contributed by atoms with Gasteiger partial charge in [-0.2, -0.15) is 0 Å². The third kappa shape index (κ3) is 3.98. The van der Waals surface area contributed by atoms with E-state index in [9.17, 15) is 0 Å². The lowest BCUT2D eigenvalue weighted by Gasteiger charge is -2.28. The van der Waals surface area contributed by atoms with Crippen LogP contribution in [0.5, 0.6) is 5.75 Å². The fourth-order valence-electron chi connectivity index (χ4n) is 5.28. The van der Waals surface area contributed by atoms with Gasteiger partial charge in [-0.15, -0.1) is 0 Å². The average Bonchev–Trinajstić information content (AvgIpc) is 3.35. The number of hydrogen-bond acceptors (Lipinski definition) is 3. The van der Waals surface area contributed by atoms with Crippen molar-refractivity contribution in [2.24, 2.45) is 0 Å². The largest absolute Gasteiger partial charge is 0.497 e. The van der Waals surface area contributed by atoms with Gasteiger partial charge in [-0.25, -0.2) is 0 Å². The Kier molecular flexibility index (Phi) is 6.07. The zero-order valence-corrected chi connectivity index (χ0v) is 21.6. The highest BCUT2D eigenvalue weighted by Crippen LogP contribution is 2.44. The first-order valence-corrected chi connectivity index (χ1v) is 12.2. The highest BCUT2D eigenvalue weighted by Gasteiger charge is 2.42. The van der Waals surface area contributed by atoms with Crippen molar-refractivity contribution in [2.75, 3.05) is 12.0 Å². The summed E-state index contributed by atoms with van der Waals surface area (Å²) in [5.74, 6) is 0.817. The van der Waals surface area contributed by atoms with Crippen molar-refractivity contribution < 1.29 is 4.74 Å².